The van der Waals surface area contributed by atoms with Crippen LogP contribution in [-0.4, -0.2) is 24.6 Å². The van der Waals surface area contributed by atoms with E-state index in [0.717, 1.165) is 31.3 Å². The number of unbranched alkanes of at least 4 members (excludes halogenated alkanes) is 2. The predicted molar refractivity (Wildman–Crippen MR) is 79.3 cm³/mol. The first-order chi connectivity index (χ1) is 9.45. The zero-order chi connectivity index (χ0) is 15.4. The molecule has 0 saturated heterocycles. The molecular weight excluding hydrogens is 256 g/mol. The third-order valence-corrected chi connectivity index (χ3v) is 2.87. The van der Waals surface area contributed by atoms with Crippen LogP contribution in [0.4, 0.5) is 0 Å². The Bertz CT molecular complexity index is 310. The number of esters is 2. The summed E-state index contributed by atoms with van der Waals surface area (Å²) < 4.78 is 10.2. The van der Waals surface area contributed by atoms with E-state index in [2.05, 4.69) is 13.5 Å². The molecule has 0 aromatic heterocycles. The smallest absolute Gasteiger partial charge is 0.306 e. The van der Waals surface area contributed by atoms with Crippen molar-refractivity contribution in [3.63, 3.8) is 0 Å². The van der Waals surface area contributed by atoms with Gasteiger partial charge in [0, 0.05) is 6.42 Å². The van der Waals surface area contributed by atoms with Crippen molar-refractivity contribution in [2.24, 2.45) is 0 Å². The van der Waals surface area contributed by atoms with E-state index in [9.17, 15) is 9.59 Å². The number of hydrogen-bond acceptors (Lipinski definition) is 4. The van der Waals surface area contributed by atoms with Crippen LogP contribution in [0.3, 0.4) is 0 Å². The van der Waals surface area contributed by atoms with Crippen molar-refractivity contribution >= 4 is 11.9 Å². The molecule has 0 aliphatic heterocycles. The first kappa shape index (κ1) is 18.7. The van der Waals surface area contributed by atoms with Crippen molar-refractivity contribution in [2.45, 2.75) is 71.8 Å². The Morgan fingerprint density at radius 3 is 2.35 bits per heavy atom. The average molecular weight is 284 g/mol. The lowest BCUT2D eigenvalue weighted by Crippen LogP contribution is -2.16. The number of rotatable bonds is 11. The van der Waals surface area contributed by atoms with E-state index in [1.165, 1.54) is 0 Å². The predicted octanol–water partition coefficient (Wildman–Crippen LogP) is 3.79. The van der Waals surface area contributed by atoms with Crippen LogP contribution in [0.2, 0.25) is 0 Å². The lowest BCUT2D eigenvalue weighted by atomic mass is 10.1. The van der Waals surface area contributed by atoms with E-state index in [1.807, 2.05) is 13.8 Å². The molecule has 0 amide bonds. The zero-order valence-corrected chi connectivity index (χ0v) is 13.1. The molecule has 0 aromatic rings. The van der Waals surface area contributed by atoms with Gasteiger partial charge in [-0.15, -0.1) is 6.58 Å². The highest BCUT2D eigenvalue weighted by molar-refractivity contribution is 5.77. The van der Waals surface area contributed by atoms with Crippen LogP contribution in [-0.2, 0) is 19.1 Å². The maximum absolute atomic E-state index is 11.5. The summed E-state index contributed by atoms with van der Waals surface area (Å²) in [5.74, 6) is -0.687. The third-order valence-electron chi connectivity index (χ3n) is 2.87. The van der Waals surface area contributed by atoms with Gasteiger partial charge < -0.3 is 9.47 Å². The van der Waals surface area contributed by atoms with Crippen LogP contribution in [0, 0.1) is 0 Å². The topological polar surface area (TPSA) is 52.6 Å². The first-order valence-electron chi connectivity index (χ1n) is 7.45. The summed E-state index contributed by atoms with van der Waals surface area (Å²) in [4.78, 5) is 22.9. The number of carbonyl (C=O) groups is 2. The second-order valence-electron chi connectivity index (χ2n) is 5.22. The Hall–Kier alpha value is -1.32. The van der Waals surface area contributed by atoms with Gasteiger partial charge in [0.1, 0.15) is 0 Å². The van der Waals surface area contributed by atoms with E-state index in [-0.39, 0.29) is 30.9 Å². The summed E-state index contributed by atoms with van der Waals surface area (Å²) >= 11 is 0. The molecule has 0 N–H and O–H groups in total. The van der Waals surface area contributed by atoms with E-state index in [4.69, 9.17) is 9.47 Å². The second-order valence-corrected chi connectivity index (χ2v) is 5.22. The van der Waals surface area contributed by atoms with E-state index in [0.29, 0.717) is 13.0 Å². The Morgan fingerprint density at radius 2 is 1.75 bits per heavy atom. The molecule has 1 unspecified atom stereocenters. The van der Waals surface area contributed by atoms with Gasteiger partial charge in [0.25, 0.3) is 0 Å². The summed E-state index contributed by atoms with van der Waals surface area (Å²) in [6, 6.07) is 0. The zero-order valence-electron chi connectivity index (χ0n) is 13.1. The van der Waals surface area contributed by atoms with Gasteiger partial charge in [-0.05, 0) is 26.7 Å². The molecule has 0 rings (SSSR count). The molecule has 116 valence electrons. The molecule has 0 aromatic carbocycles. The molecule has 0 saturated carbocycles. The van der Waals surface area contributed by atoms with Crippen LogP contribution >= 0.6 is 0 Å². The molecule has 0 fully saturated rings. The van der Waals surface area contributed by atoms with Crippen molar-refractivity contribution in [1.29, 1.82) is 0 Å². The van der Waals surface area contributed by atoms with Gasteiger partial charge in [-0.25, -0.2) is 0 Å². The molecule has 0 radical (unpaired) electrons. The van der Waals surface area contributed by atoms with Crippen molar-refractivity contribution in [3.8, 4) is 0 Å². The standard InChI is InChI=1S/C16H28O4/c1-5-6-7-8-14(4)20-16(18)10-9-15(17)19-12-11-13(2)3/h14H,2,5-12H2,1,3-4H3. The summed E-state index contributed by atoms with van der Waals surface area (Å²) in [5.41, 5.74) is 0.970. The fraction of sp³-hybridized carbons (Fsp3) is 0.750. The van der Waals surface area contributed by atoms with Crippen LogP contribution in [0.25, 0.3) is 0 Å². The minimum Gasteiger partial charge on any atom is -0.465 e. The maximum Gasteiger partial charge on any atom is 0.306 e. The van der Waals surface area contributed by atoms with Gasteiger partial charge in [0.2, 0.25) is 0 Å². The minimum atomic E-state index is -0.359. The molecular formula is C16H28O4. The summed E-state index contributed by atoms with van der Waals surface area (Å²) in [6.45, 7) is 9.96. The molecule has 0 aliphatic rings. The fourth-order valence-electron chi connectivity index (χ4n) is 1.64. The number of hydrogen-bond donors (Lipinski definition) is 0. The Balaban J connectivity index is 3.65. The van der Waals surface area contributed by atoms with Crippen LogP contribution in [0.1, 0.15) is 65.7 Å². The number of carbonyl (C=O) groups excluding carboxylic acids is 2. The molecule has 0 heterocycles. The van der Waals surface area contributed by atoms with E-state index in [1.54, 1.807) is 0 Å². The summed E-state index contributed by atoms with van der Waals surface area (Å²) in [6.07, 6.45) is 4.99. The average Bonchev–Trinajstić information content (AvgIpc) is 2.36. The molecule has 0 bridgehead atoms. The van der Waals surface area contributed by atoms with Crippen molar-refractivity contribution < 1.29 is 19.1 Å². The van der Waals surface area contributed by atoms with Gasteiger partial charge in [-0.3, -0.25) is 9.59 Å². The fourth-order valence-corrected chi connectivity index (χ4v) is 1.64. The molecule has 0 aliphatic carbocycles. The van der Waals surface area contributed by atoms with Crippen molar-refractivity contribution in [2.75, 3.05) is 6.61 Å². The second kappa shape index (κ2) is 11.5. The van der Waals surface area contributed by atoms with Gasteiger partial charge in [0.05, 0.1) is 25.6 Å². The molecule has 20 heavy (non-hydrogen) atoms. The lowest BCUT2D eigenvalue weighted by Gasteiger charge is -2.12. The maximum atomic E-state index is 11.5. The Kier molecular flexibility index (Phi) is 10.7. The van der Waals surface area contributed by atoms with Crippen LogP contribution in [0.15, 0.2) is 12.2 Å². The van der Waals surface area contributed by atoms with Gasteiger partial charge in [-0.2, -0.15) is 0 Å². The van der Waals surface area contributed by atoms with Gasteiger partial charge >= 0.3 is 11.9 Å². The third kappa shape index (κ3) is 11.8. The molecule has 1 atom stereocenters. The summed E-state index contributed by atoms with van der Waals surface area (Å²) in [7, 11) is 0. The molecule has 0 spiro atoms. The monoisotopic (exact) mass is 284 g/mol. The van der Waals surface area contributed by atoms with Crippen molar-refractivity contribution in [3.05, 3.63) is 12.2 Å². The minimum absolute atomic E-state index is 0.0755. The largest absolute Gasteiger partial charge is 0.465 e. The number of ether oxygens (including phenoxy) is 2. The highest BCUT2D eigenvalue weighted by Crippen LogP contribution is 2.08. The normalized spacial score (nSPS) is 11.8. The van der Waals surface area contributed by atoms with Gasteiger partial charge in [-0.1, -0.05) is 25.3 Å². The van der Waals surface area contributed by atoms with Crippen LogP contribution < -0.4 is 0 Å². The quantitative estimate of drug-likeness (QED) is 0.329. The van der Waals surface area contributed by atoms with Crippen LogP contribution in [0.5, 0.6) is 0 Å². The van der Waals surface area contributed by atoms with Gasteiger partial charge in [0.15, 0.2) is 0 Å². The van der Waals surface area contributed by atoms with E-state index < -0.39 is 0 Å². The summed E-state index contributed by atoms with van der Waals surface area (Å²) in [5, 5.41) is 0. The van der Waals surface area contributed by atoms with E-state index >= 15 is 0 Å². The SMILES string of the molecule is C=C(C)CCOC(=O)CCC(=O)OC(C)CCCCC. The molecule has 4 heteroatoms. The van der Waals surface area contributed by atoms with Crippen molar-refractivity contribution in [1.82, 2.24) is 0 Å². The highest BCUT2D eigenvalue weighted by atomic mass is 16.5. The lowest BCUT2D eigenvalue weighted by molar-refractivity contribution is -0.153. The Labute approximate surface area is 122 Å². The Morgan fingerprint density at radius 1 is 1.10 bits per heavy atom. The highest BCUT2D eigenvalue weighted by Gasteiger charge is 2.12. The molecule has 4 nitrogen and oxygen atoms in total. The first-order valence-corrected chi connectivity index (χ1v) is 7.45.